The van der Waals surface area contributed by atoms with Crippen LogP contribution in [0.3, 0.4) is 0 Å². The Balaban J connectivity index is 1.23. The van der Waals surface area contributed by atoms with E-state index in [1.807, 2.05) is 33.9 Å². The second-order valence-corrected chi connectivity index (χ2v) is 31.0. The Bertz CT molecular complexity index is 2280. The van der Waals surface area contributed by atoms with E-state index in [-0.39, 0.29) is 0 Å². The lowest BCUT2D eigenvalue weighted by molar-refractivity contribution is -0.402. The molecule has 35 nitrogen and oxygen atoms in total. The predicted octanol–water partition coefficient (Wildman–Crippen LogP) is -3.70. The van der Waals surface area contributed by atoms with Crippen molar-refractivity contribution in [3.63, 3.8) is 0 Å². The van der Waals surface area contributed by atoms with Crippen molar-refractivity contribution in [1.29, 1.82) is 0 Å². The Morgan fingerprint density at radius 1 is 0.227 bits per heavy atom. The first kappa shape index (κ1) is 81.5. The molecule has 0 aromatic carbocycles. The average Bonchev–Trinajstić information content (AvgIpc) is 0.813. The molecular formula is C61H110O35Si. The molecule has 36 heteroatoms. The van der Waals surface area contributed by atoms with Crippen molar-refractivity contribution in [3.8, 4) is 0 Å². The minimum Gasteiger partial charge on any atom is -0.406 e. The van der Waals surface area contributed by atoms with E-state index in [0.29, 0.717) is 0 Å². The number of ether oxygens (including phenoxy) is 27. The Morgan fingerprint density at radius 3 is 0.485 bits per heavy atom. The lowest BCUT2D eigenvalue weighted by Gasteiger charge is -2.53. The van der Waals surface area contributed by atoms with Gasteiger partial charge in [-0.25, -0.2) is 0 Å². The van der Waals surface area contributed by atoms with Gasteiger partial charge < -0.3 is 168 Å². The van der Waals surface area contributed by atoms with Crippen LogP contribution in [0.1, 0.15) is 20.8 Å². The molecule has 0 aliphatic carbocycles. The predicted molar refractivity (Wildman–Crippen MR) is 327 cm³/mol. The maximum absolute atomic E-state index is 11.4. The quantitative estimate of drug-likeness (QED) is 0.0513. The first-order chi connectivity index (χ1) is 46.6. The van der Waals surface area contributed by atoms with E-state index in [2.05, 4.69) is 0 Å². The summed E-state index contributed by atoms with van der Waals surface area (Å²) in [6.07, 6.45) is -43.9. The molecule has 0 radical (unpaired) electrons. The Hall–Kier alpha value is -1.18. The molecule has 0 aromatic rings. The minimum atomic E-state index is -2.90. The Kier molecular flexibility index (Phi) is 30.8. The van der Waals surface area contributed by atoms with E-state index in [0.717, 1.165) is 0 Å². The number of hydrogen-bond donors (Lipinski definition) is 7. The SMILES string of the molecule is CO[C@@H]1[C@@H](OC)[C@H]2O[C@H]3[C@H](OC)[C@@H](OC)[C@@H](O[C@H]4[C@H](OC)[C@@H](O[Si](C)(C)C(C)(C)C)[C@@H](O[C@H]5[C@@H](OC)[C@H](OC)[C@@H](O[C@H]6[C@@H](OC)[C@H](OC)[C@@H](O[C@H]7[C@@H](OC)[C@@H](OC)[C@@H](O[C@H]8[C@H](OC)[C@@H](OC)[C@@H](O[C@@H]1[C@@H](CO)O2)O[C@@H]8CO)O[C@@H]7CO)O[C@@H]6CO)O[C@@H]5CO)O[C@@H]4CO)O[C@@H]3CO. The van der Waals surface area contributed by atoms with Crippen LogP contribution in [-0.2, 0) is 132 Å². The lowest BCUT2D eigenvalue weighted by atomic mass is 9.94. The lowest BCUT2D eigenvalue weighted by Crippen LogP contribution is -2.70. The third-order valence-electron chi connectivity index (χ3n) is 20.2. The zero-order valence-corrected chi connectivity index (χ0v) is 59.7. The molecule has 21 rings (SSSR count). The topological polar surface area (TPSA) is 400 Å². The summed E-state index contributed by atoms with van der Waals surface area (Å²) in [6, 6.07) is 0. The molecule has 0 spiro atoms. The van der Waals surface area contributed by atoms with Gasteiger partial charge in [0.2, 0.25) is 0 Å². The van der Waals surface area contributed by atoms with Gasteiger partial charge in [-0.2, -0.15) is 0 Å². The third-order valence-corrected chi connectivity index (χ3v) is 24.7. The molecule has 21 aliphatic heterocycles. The second kappa shape index (κ2) is 36.7. The highest BCUT2D eigenvalue weighted by atomic mass is 28.4. The van der Waals surface area contributed by atoms with Gasteiger partial charge in [-0.15, -0.1) is 0 Å². The van der Waals surface area contributed by atoms with E-state index in [4.69, 9.17) is 132 Å². The van der Waals surface area contributed by atoms with Crippen molar-refractivity contribution in [2.75, 3.05) is 139 Å². The molecule has 21 saturated heterocycles. The molecule has 14 bridgehead atoms. The summed E-state index contributed by atoms with van der Waals surface area (Å²) in [6.45, 7) is 5.27. The molecular weight excluding hydrogens is 1320 g/mol. The first-order valence-electron chi connectivity index (χ1n) is 32.6. The van der Waals surface area contributed by atoms with Crippen molar-refractivity contribution in [2.24, 2.45) is 0 Å². The van der Waals surface area contributed by atoms with Crippen molar-refractivity contribution in [2.45, 2.75) is 254 Å². The fourth-order valence-electron chi connectivity index (χ4n) is 14.2. The van der Waals surface area contributed by atoms with Crippen LogP contribution in [-0.4, -0.2) is 398 Å². The smallest absolute Gasteiger partial charge is 0.192 e. The largest absolute Gasteiger partial charge is 0.406 e. The highest BCUT2D eigenvalue weighted by Crippen LogP contribution is 2.45. The third kappa shape index (κ3) is 16.8. The van der Waals surface area contributed by atoms with Crippen LogP contribution in [0, 0.1) is 0 Å². The summed E-state index contributed by atoms with van der Waals surface area (Å²) in [5, 5.41) is 78.2. The monoisotopic (exact) mass is 1430 g/mol. The van der Waals surface area contributed by atoms with Crippen molar-refractivity contribution in [1.82, 2.24) is 0 Å². The summed E-state index contributed by atoms with van der Waals surface area (Å²) < 4.78 is 180. The number of aliphatic hydroxyl groups is 7. The fraction of sp³-hybridized carbons (Fsp3) is 1.00. The highest BCUT2D eigenvalue weighted by Gasteiger charge is 2.62. The molecule has 0 amide bonds. The van der Waals surface area contributed by atoms with Gasteiger partial charge >= 0.3 is 0 Å². The number of aliphatic hydroxyl groups excluding tert-OH is 7. The first-order valence-corrected chi connectivity index (χ1v) is 35.5. The van der Waals surface area contributed by atoms with Gasteiger partial charge in [0.25, 0.3) is 0 Å². The van der Waals surface area contributed by atoms with Crippen molar-refractivity contribution >= 4 is 8.32 Å². The molecule has 21 aliphatic rings. The minimum absolute atomic E-state index is 0.428. The van der Waals surface area contributed by atoms with Gasteiger partial charge in [0.15, 0.2) is 52.3 Å². The summed E-state index contributed by atoms with van der Waals surface area (Å²) in [5.74, 6) is 0. The summed E-state index contributed by atoms with van der Waals surface area (Å²) in [5.41, 5.74) is 0. The van der Waals surface area contributed by atoms with Crippen LogP contribution in [0.5, 0.6) is 0 Å². The molecule has 97 heavy (non-hydrogen) atoms. The molecule has 21 heterocycles. The van der Waals surface area contributed by atoms with Crippen LogP contribution in [0.2, 0.25) is 18.1 Å². The van der Waals surface area contributed by atoms with E-state index in [1.165, 1.54) is 92.4 Å². The molecule has 0 unspecified atom stereocenters. The number of rotatable bonds is 22. The van der Waals surface area contributed by atoms with E-state index in [9.17, 15) is 35.7 Å². The van der Waals surface area contributed by atoms with Crippen LogP contribution >= 0.6 is 0 Å². The maximum atomic E-state index is 11.4. The van der Waals surface area contributed by atoms with Gasteiger partial charge in [-0.3, -0.25) is 0 Å². The van der Waals surface area contributed by atoms with Gasteiger partial charge in [0.05, 0.1) is 46.2 Å². The van der Waals surface area contributed by atoms with Gasteiger partial charge in [0, 0.05) is 92.4 Å². The fourth-order valence-corrected chi connectivity index (χ4v) is 15.5. The second-order valence-electron chi connectivity index (χ2n) is 26.2. The molecule has 0 saturated carbocycles. The normalized spacial score (nSPS) is 46.8. The zero-order chi connectivity index (χ0) is 71.0. The van der Waals surface area contributed by atoms with E-state index >= 15 is 0 Å². The maximum Gasteiger partial charge on any atom is 0.192 e. The van der Waals surface area contributed by atoms with Crippen LogP contribution < -0.4 is 0 Å². The Labute approximate surface area is 567 Å². The molecule has 0 aromatic heterocycles. The van der Waals surface area contributed by atoms with Crippen molar-refractivity contribution in [3.05, 3.63) is 0 Å². The van der Waals surface area contributed by atoms with Crippen molar-refractivity contribution < 1.29 is 168 Å². The molecule has 35 atom stereocenters. The van der Waals surface area contributed by atoms with Gasteiger partial charge in [-0.1, -0.05) is 20.8 Å². The standard InChI is InChI=1S/C61H110O35Si/c1-61(2,3)97(17,18)96-53-46(75-10)39-32(25-68)88-60(53)95-38-31(24-67)87-58(52(81-16)45(38)74-9)93-36-29(22-65)85-56(50(79-14)43(36)72-7)91-34-27(20-63)83-54(48(77-12)41(34)70-5)89-33-26(19-62)82-55(47(76-11)40(33)69-4)90-35-28(21-64)84-57(49(78-13)42(35)71-6)92-37-30(23-66)86-59(94-39)51(80-15)44(37)73-8/h26-60,62-68H,19-25H2,1-18H3/t26-,27-,28-,29-,30-,31-,32-,33-,34-,35-,36-,37-,38-,39-,40+,41-,42+,43-,44+,45-,46+,47-,48-,49-,50+,51-,52+,53-,54-,55-,56-,57-,58-,59-,60-/m1/s1. The van der Waals surface area contributed by atoms with E-state index < -0.39 is 275 Å². The zero-order valence-electron chi connectivity index (χ0n) is 58.7. The number of hydrogen-bond acceptors (Lipinski definition) is 35. The summed E-state index contributed by atoms with van der Waals surface area (Å²) in [4.78, 5) is 0. The molecule has 21 fully saturated rings. The Morgan fingerprint density at radius 2 is 0.361 bits per heavy atom. The highest BCUT2D eigenvalue weighted by molar-refractivity contribution is 6.74. The van der Waals surface area contributed by atoms with Crippen LogP contribution in [0.15, 0.2) is 0 Å². The van der Waals surface area contributed by atoms with Gasteiger partial charge in [0.1, 0.15) is 171 Å². The van der Waals surface area contributed by atoms with Gasteiger partial charge in [-0.05, 0) is 18.1 Å². The number of methoxy groups -OCH3 is 13. The molecule has 7 N–H and O–H groups in total. The van der Waals surface area contributed by atoms with Crippen LogP contribution in [0.4, 0.5) is 0 Å². The van der Waals surface area contributed by atoms with E-state index in [1.54, 1.807) is 0 Å². The average molecular weight is 1430 g/mol. The molecule has 568 valence electrons. The summed E-state index contributed by atoms with van der Waals surface area (Å²) in [7, 11) is 15.1. The van der Waals surface area contributed by atoms with Crippen LogP contribution in [0.25, 0.3) is 0 Å². The summed E-state index contributed by atoms with van der Waals surface area (Å²) >= 11 is 0.